The SMILES string of the molecule is C=Cn1cc(CNCC2CCCS2(=O)=O)cn1. The smallest absolute Gasteiger partial charge is 0.154 e. The van der Waals surface area contributed by atoms with Gasteiger partial charge in [-0.3, -0.25) is 0 Å². The van der Waals surface area contributed by atoms with Crippen LogP contribution in [0.5, 0.6) is 0 Å². The molecule has 1 atom stereocenters. The van der Waals surface area contributed by atoms with Crippen molar-refractivity contribution in [1.29, 1.82) is 0 Å². The Kier molecular flexibility index (Phi) is 3.63. The van der Waals surface area contributed by atoms with Crippen LogP contribution in [0.1, 0.15) is 18.4 Å². The van der Waals surface area contributed by atoms with Crippen LogP contribution in [0.25, 0.3) is 6.20 Å². The maximum absolute atomic E-state index is 11.6. The highest BCUT2D eigenvalue weighted by Crippen LogP contribution is 2.19. The second kappa shape index (κ2) is 5.01. The number of aromatic nitrogens is 2. The Balaban J connectivity index is 1.81. The zero-order valence-electron chi connectivity index (χ0n) is 9.67. The third kappa shape index (κ3) is 2.95. The monoisotopic (exact) mass is 255 g/mol. The van der Waals surface area contributed by atoms with Gasteiger partial charge in [0.15, 0.2) is 9.84 Å². The lowest BCUT2D eigenvalue weighted by Crippen LogP contribution is -2.30. The maximum Gasteiger partial charge on any atom is 0.154 e. The lowest BCUT2D eigenvalue weighted by atomic mass is 10.2. The van der Waals surface area contributed by atoms with Crippen LogP contribution in [-0.4, -0.2) is 35.7 Å². The van der Waals surface area contributed by atoms with Crippen molar-refractivity contribution in [2.75, 3.05) is 12.3 Å². The predicted octanol–water partition coefficient (Wildman–Crippen LogP) is 0.650. The molecular formula is C11H17N3O2S. The van der Waals surface area contributed by atoms with E-state index in [0.717, 1.165) is 18.4 Å². The molecule has 0 spiro atoms. The molecule has 0 bridgehead atoms. The highest BCUT2D eigenvalue weighted by molar-refractivity contribution is 7.92. The second-order valence-electron chi connectivity index (χ2n) is 4.27. The van der Waals surface area contributed by atoms with Crippen molar-refractivity contribution in [1.82, 2.24) is 15.1 Å². The molecule has 1 aliphatic heterocycles. The Labute approximate surface area is 101 Å². The molecule has 1 N–H and O–H groups in total. The molecule has 0 aliphatic carbocycles. The van der Waals surface area contributed by atoms with Gasteiger partial charge in [-0.25, -0.2) is 13.1 Å². The van der Waals surface area contributed by atoms with Crippen LogP contribution in [-0.2, 0) is 16.4 Å². The molecule has 0 radical (unpaired) electrons. The Morgan fingerprint density at radius 3 is 3.06 bits per heavy atom. The summed E-state index contributed by atoms with van der Waals surface area (Å²) in [5.41, 5.74) is 1.03. The van der Waals surface area contributed by atoms with Gasteiger partial charge in [0, 0.05) is 31.0 Å². The molecule has 0 amide bonds. The maximum atomic E-state index is 11.6. The van der Waals surface area contributed by atoms with E-state index in [-0.39, 0.29) is 5.25 Å². The van der Waals surface area contributed by atoms with Gasteiger partial charge in [-0.05, 0) is 12.8 Å². The molecule has 1 aromatic heterocycles. The van der Waals surface area contributed by atoms with Crippen LogP contribution in [0.2, 0.25) is 0 Å². The van der Waals surface area contributed by atoms with Crippen LogP contribution >= 0.6 is 0 Å². The molecule has 5 nitrogen and oxygen atoms in total. The highest BCUT2D eigenvalue weighted by atomic mass is 32.2. The van der Waals surface area contributed by atoms with E-state index in [4.69, 9.17) is 0 Å². The summed E-state index contributed by atoms with van der Waals surface area (Å²) in [7, 11) is -2.84. The molecule has 2 heterocycles. The largest absolute Gasteiger partial charge is 0.311 e. The molecule has 1 fully saturated rings. The lowest BCUT2D eigenvalue weighted by Gasteiger charge is -2.09. The van der Waals surface area contributed by atoms with E-state index in [2.05, 4.69) is 17.0 Å². The van der Waals surface area contributed by atoms with Crippen molar-refractivity contribution in [3.8, 4) is 0 Å². The van der Waals surface area contributed by atoms with Crippen LogP contribution in [0.3, 0.4) is 0 Å². The van der Waals surface area contributed by atoms with E-state index in [1.54, 1.807) is 17.1 Å². The predicted molar refractivity (Wildman–Crippen MR) is 67.1 cm³/mol. The molecule has 1 aliphatic rings. The quantitative estimate of drug-likeness (QED) is 0.839. The molecule has 17 heavy (non-hydrogen) atoms. The first-order valence-electron chi connectivity index (χ1n) is 5.70. The molecular weight excluding hydrogens is 238 g/mol. The van der Waals surface area contributed by atoms with Gasteiger partial charge >= 0.3 is 0 Å². The first kappa shape index (κ1) is 12.3. The van der Waals surface area contributed by atoms with E-state index in [9.17, 15) is 8.42 Å². The summed E-state index contributed by atoms with van der Waals surface area (Å²) >= 11 is 0. The highest BCUT2D eigenvalue weighted by Gasteiger charge is 2.30. The Morgan fingerprint density at radius 1 is 1.65 bits per heavy atom. The Bertz CT molecular complexity index is 493. The Morgan fingerprint density at radius 2 is 2.47 bits per heavy atom. The third-order valence-corrected chi connectivity index (χ3v) is 5.28. The van der Waals surface area contributed by atoms with Gasteiger partial charge < -0.3 is 5.32 Å². The normalized spacial score (nSPS) is 22.7. The number of nitrogens with one attached hydrogen (secondary N) is 1. The summed E-state index contributed by atoms with van der Waals surface area (Å²) in [4.78, 5) is 0. The van der Waals surface area contributed by atoms with Crippen LogP contribution in [0, 0.1) is 0 Å². The molecule has 0 saturated carbocycles. The molecule has 1 unspecified atom stereocenters. The fraction of sp³-hybridized carbons (Fsp3) is 0.545. The Hall–Kier alpha value is -1.14. The van der Waals surface area contributed by atoms with E-state index in [0.29, 0.717) is 18.8 Å². The van der Waals surface area contributed by atoms with Crippen molar-refractivity contribution in [3.05, 3.63) is 24.5 Å². The zero-order valence-corrected chi connectivity index (χ0v) is 10.5. The van der Waals surface area contributed by atoms with Crippen molar-refractivity contribution in [2.45, 2.75) is 24.6 Å². The summed E-state index contributed by atoms with van der Waals surface area (Å²) in [6, 6.07) is 0. The molecule has 2 rings (SSSR count). The summed E-state index contributed by atoms with van der Waals surface area (Å²) in [5, 5.41) is 7.01. The van der Waals surface area contributed by atoms with Crippen molar-refractivity contribution in [3.63, 3.8) is 0 Å². The minimum atomic E-state index is -2.84. The summed E-state index contributed by atoms with van der Waals surface area (Å²) < 4.78 is 24.8. The number of sulfone groups is 1. The summed E-state index contributed by atoms with van der Waals surface area (Å²) in [6.07, 6.45) is 6.80. The number of nitrogens with zero attached hydrogens (tertiary/aromatic N) is 2. The van der Waals surface area contributed by atoms with Gasteiger partial charge in [0.1, 0.15) is 0 Å². The zero-order chi connectivity index (χ0) is 12.3. The molecule has 0 aromatic carbocycles. The van der Waals surface area contributed by atoms with Crippen LogP contribution < -0.4 is 5.32 Å². The van der Waals surface area contributed by atoms with E-state index in [1.807, 2.05) is 6.20 Å². The first-order valence-corrected chi connectivity index (χ1v) is 7.41. The van der Waals surface area contributed by atoms with E-state index < -0.39 is 9.84 Å². The molecule has 6 heteroatoms. The average Bonchev–Trinajstić information content (AvgIpc) is 2.86. The lowest BCUT2D eigenvalue weighted by molar-refractivity contribution is 0.574. The number of hydrogen-bond donors (Lipinski definition) is 1. The van der Waals surface area contributed by atoms with Crippen molar-refractivity contribution >= 4 is 16.0 Å². The number of hydrogen-bond acceptors (Lipinski definition) is 4. The van der Waals surface area contributed by atoms with Gasteiger partial charge in [-0.2, -0.15) is 5.10 Å². The number of rotatable bonds is 5. The van der Waals surface area contributed by atoms with Crippen LogP contribution in [0.15, 0.2) is 19.0 Å². The second-order valence-corrected chi connectivity index (χ2v) is 6.67. The molecule has 1 aromatic rings. The average molecular weight is 255 g/mol. The summed E-state index contributed by atoms with van der Waals surface area (Å²) in [6.45, 7) is 4.78. The van der Waals surface area contributed by atoms with E-state index in [1.165, 1.54) is 0 Å². The van der Waals surface area contributed by atoms with Gasteiger partial charge in [0.05, 0.1) is 17.2 Å². The third-order valence-electron chi connectivity index (χ3n) is 3.01. The standard InChI is InChI=1S/C11H17N3O2S/c1-2-14-9-10(7-13-14)6-12-8-11-4-3-5-17(11,15)16/h2,7,9,11-12H,1,3-6,8H2. The van der Waals surface area contributed by atoms with Crippen LogP contribution in [0.4, 0.5) is 0 Å². The first-order chi connectivity index (χ1) is 8.12. The van der Waals surface area contributed by atoms with Crippen molar-refractivity contribution < 1.29 is 8.42 Å². The van der Waals surface area contributed by atoms with Gasteiger partial charge in [0.2, 0.25) is 0 Å². The minimum Gasteiger partial charge on any atom is -0.311 e. The van der Waals surface area contributed by atoms with Gasteiger partial charge in [-0.15, -0.1) is 0 Å². The fourth-order valence-corrected chi connectivity index (χ4v) is 3.83. The van der Waals surface area contributed by atoms with Crippen molar-refractivity contribution in [2.24, 2.45) is 0 Å². The molecule has 94 valence electrons. The topological polar surface area (TPSA) is 64.0 Å². The summed E-state index contributed by atoms with van der Waals surface area (Å²) in [5.74, 6) is 0.341. The minimum absolute atomic E-state index is 0.211. The van der Waals surface area contributed by atoms with Gasteiger partial charge in [0.25, 0.3) is 0 Å². The van der Waals surface area contributed by atoms with E-state index >= 15 is 0 Å². The fourth-order valence-electron chi connectivity index (χ4n) is 2.03. The van der Waals surface area contributed by atoms with Gasteiger partial charge in [-0.1, -0.05) is 6.58 Å². The molecule has 1 saturated heterocycles.